The van der Waals surface area contributed by atoms with Crippen LogP contribution in [0.1, 0.15) is 12.8 Å². The van der Waals surface area contributed by atoms with Crippen LogP contribution >= 0.6 is 0 Å². The lowest BCUT2D eigenvalue weighted by Crippen LogP contribution is -2.48. The van der Waals surface area contributed by atoms with Crippen LogP contribution in [-0.4, -0.2) is 63.0 Å². The number of fused-ring (bicyclic) bond motifs is 2. The van der Waals surface area contributed by atoms with Crippen LogP contribution in [0.5, 0.6) is 0 Å². The average molecular weight is 226 g/mol. The smallest absolute Gasteiger partial charge is 0.0933 e. The topological polar surface area (TPSA) is 33.7 Å². The molecular formula is C12H22N2O2. The first-order valence-electron chi connectivity index (χ1n) is 6.57. The normalized spacial score (nSPS) is 43.5. The van der Waals surface area contributed by atoms with Gasteiger partial charge in [-0.2, -0.15) is 0 Å². The van der Waals surface area contributed by atoms with Crippen LogP contribution in [0.4, 0.5) is 0 Å². The van der Waals surface area contributed by atoms with Crippen molar-refractivity contribution < 1.29 is 9.47 Å². The Labute approximate surface area is 97.3 Å². The molecule has 3 aliphatic rings. The number of hydrogen-bond donors (Lipinski definition) is 1. The van der Waals surface area contributed by atoms with E-state index >= 15 is 0 Å². The SMILES string of the molecule is C1COC(CNC2CCN3CCC2C3)CO1. The molecule has 4 atom stereocenters. The minimum atomic E-state index is 0.271. The summed E-state index contributed by atoms with van der Waals surface area (Å²) in [4.78, 5) is 2.59. The maximum atomic E-state index is 5.65. The average Bonchev–Trinajstić information content (AvgIpc) is 2.72. The minimum absolute atomic E-state index is 0.271. The standard InChI is InChI=1S/C12H22N2O2/c1-3-14-4-2-12(10(1)8-14)13-7-11-9-15-5-6-16-11/h10-13H,1-9H2. The van der Waals surface area contributed by atoms with Crippen LogP contribution in [0.15, 0.2) is 0 Å². The van der Waals surface area contributed by atoms with Gasteiger partial charge in [-0.1, -0.05) is 0 Å². The van der Waals surface area contributed by atoms with Gasteiger partial charge in [0.1, 0.15) is 0 Å². The number of rotatable bonds is 3. The molecule has 0 spiro atoms. The van der Waals surface area contributed by atoms with E-state index in [-0.39, 0.29) is 6.10 Å². The number of ether oxygens (including phenoxy) is 2. The zero-order chi connectivity index (χ0) is 10.8. The number of hydrogen-bond acceptors (Lipinski definition) is 4. The van der Waals surface area contributed by atoms with Gasteiger partial charge in [0, 0.05) is 19.1 Å². The summed E-state index contributed by atoms with van der Waals surface area (Å²) >= 11 is 0. The monoisotopic (exact) mass is 226 g/mol. The van der Waals surface area contributed by atoms with E-state index in [4.69, 9.17) is 9.47 Å². The summed E-state index contributed by atoms with van der Waals surface area (Å²) in [5.74, 6) is 0.873. The lowest BCUT2D eigenvalue weighted by Gasteiger charge is -2.33. The third-order valence-corrected chi connectivity index (χ3v) is 4.13. The molecule has 3 fully saturated rings. The van der Waals surface area contributed by atoms with Gasteiger partial charge in [-0.05, 0) is 31.8 Å². The Morgan fingerprint density at radius 2 is 2.12 bits per heavy atom. The predicted molar refractivity (Wildman–Crippen MR) is 61.5 cm³/mol. The summed E-state index contributed by atoms with van der Waals surface area (Å²) in [6.45, 7) is 7.13. The van der Waals surface area contributed by atoms with Gasteiger partial charge in [-0.3, -0.25) is 0 Å². The fraction of sp³-hybridized carbons (Fsp3) is 1.00. The fourth-order valence-corrected chi connectivity index (χ4v) is 3.16. The largest absolute Gasteiger partial charge is 0.376 e. The fourth-order valence-electron chi connectivity index (χ4n) is 3.16. The van der Waals surface area contributed by atoms with Crippen molar-refractivity contribution in [1.29, 1.82) is 0 Å². The number of nitrogens with one attached hydrogen (secondary N) is 1. The molecule has 92 valence electrons. The van der Waals surface area contributed by atoms with E-state index in [2.05, 4.69) is 10.2 Å². The summed E-state index contributed by atoms with van der Waals surface area (Å²) < 4.78 is 11.1. The molecule has 4 nitrogen and oxygen atoms in total. The van der Waals surface area contributed by atoms with Gasteiger partial charge in [0.25, 0.3) is 0 Å². The molecule has 16 heavy (non-hydrogen) atoms. The molecule has 3 saturated heterocycles. The van der Waals surface area contributed by atoms with Crippen molar-refractivity contribution >= 4 is 0 Å². The second-order valence-corrected chi connectivity index (χ2v) is 5.22. The first kappa shape index (κ1) is 11.0. The van der Waals surface area contributed by atoms with Crippen molar-refractivity contribution in [3.63, 3.8) is 0 Å². The van der Waals surface area contributed by atoms with E-state index in [1.165, 1.54) is 32.5 Å². The summed E-state index contributed by atoms with van der Waals surface area (Å²) in [5.41, 5.74) is 0. The molecule has 3 aliphatic heterocycles. The molecule has 0 aliphatic carbocycles. The lowest BCUT2D eigenvalue weighted by molar-refractivity contribution is -0.0877. The Kier molecular flexibility index (Phi) is 3.43. The van der Waals surface area contributed by atoms with E-state index in [9.17, 15) is 0 Å². The van der Waals surface area contributed by atoms with Gasteiger partial charge < -0.3 is 19.7 Å². The Hall–Kier alpha value is -0.160. The second kappa shape index (κ2) is 5.00. The van der Waals surface area contributed by atoms with Crippen molar-refractivity contribution in [2.75, 3.05) is 46.0 Å². The molecule has 0 radical (unpaired) electrons. The van der Waals surface area contributed by atoms with Crippen LogP contribution in [0.25, 0.3) is 0 Å². The Bertz CT molecular complexity index is 231. The van der Waals surface area contributed by atoms with Gasteiger partial charge in [0.15, 0.2) is 0 Å². The van der Waals surface area contributed by atoms with Crippen LogP contribution in [0.3, 0.4) is 0 Å². The number of nitrogens with zero attached hydrogens (tertiary/aromatic N) is 1. The van der Waals surface area contributed by atoms with E-state index in [0.29, 0.717) is 6.04 Å². The minimum Gasteiger partial charge on any atom is -0.376 e. The van der Waals surface area contributed by atoms with Crippen LogP contribution in [0.2, 0.25) is 0 Å². The molecule has 0 amide bonds. The van der Waals surface area contributed by atoms with Gasteiger partial charge >= 0.3 is 0 Å². The lowest BCUT2D eigenvalue weighted by atomic mass is 9.94. The zero-order valence-electron chi connectivity index (χ0n) is 9.86. The zero-order valence-corrected chi connectivity index (χ0v) is 9.86. The molecule has 0 aromatic carbocycles. The van der Waals surface area contributed by atoms with E-state index in [0.717, 1.165) is 32.3 Å². The molecule has 2 bridgehead atoms. The molecule has 0 saturated carbocycles. The highest BCUT2D eigenvalue weighted by Gasteiger charge is 2.34. The summed E-state index contributed by atoms with van der Waals surface area (Å²) in [6.07, 6.45) is 2.95. The third kappa shape index (κ3) is 2.40. The highest BCUT2D eigenvalue weighted by molar-refractivity contribution is 4.91. The van der Waals surface area contributed by atoms with E-state index in [1.54, 1.807) is 0 Å². The van der Waals surface area contributed by atoms with Crippen molar-refractivity contribution in [3.05, 3.63) is 0 Å². The van der Waals surface area contributed by atoms with Crippen LogP contribution in [0, 0.1) is 5.92 Å². The quantitative estimate of drug-likeness (QED) is 0.739. The van der Waals surface area contributed by atoms with E-state index < -0.39 is 0 Å². The molecule has 3 heterocycles. The summed E-state index contributed by atoms with van der Waals surface area (Å²) in [6, 6.07) is 0.712. The van der Waals surface area contributed by atoms with Gasteiger partial charge in [-0.15, -0.1) is 0 Å². The highest BCUT2D eigenvalue weighted by Crippen LogP contribution is 2.26. The highest BCUT2D eigenvalue weighted by atomic mass is 16.6. The van der Waals surface area contributed by atoms with Gasteiger partial charge in [0.05, 0.1) is 25.9 Å². The van der Waals surface area contributed by atoms with Gasteiger partial charge in [0.2, 0.25) is 0 Å². The van der Waals surface area contributed by atoms with Crippen LogP contribution < -0.4 is 5.32 Å². The Morgan fingerprint density at radius 1 is 1.19 bits per heavy atom. The Morgan fingerprint density at radius 3 is 3.00 bits per heavy atom. The van der Waals surface area contributed by atoms with Gasteiger partial charge in [-0.25, -0.2) is 0 Å². The molecule has 4 heteroatoms. The first-order valence-corrected chi connectivity index (χ1v) is 6.57. The van der Waals surface area contributed by atoms with Crippen molar-refractivity contribution in [2.45, 2.75) is 25.0 Å². The van der Waals surface area contributed by atoms with Crippen LogP contribution in [-0.2, 0) is 9.47 Å². The molecule has 0 aromatic rings. The predicted octanol–water partition coefficient (Wildman–Crippen LogP) is 0.0856. The molecule has 1 N–H and O–H groups in total. The van der Waals surface area contributed by atoms with Crippen molar-refractivity contribution in [2.24, 2.45) is 5.92 Å². The molecular weight excluding hydrogens is 204 g/mol. The summed E-state index contributed by atoms with van der Waals surface area (Å²) in [7, 11) is 0. The van der Waals surface area contributed by atoms with E-state index in [1.807, 2.05) is 0 Å². The summed E-state index contributed by atoms with van der Waals surface area (Å²) in [5, 5.41) is 3.69. The first-order chi connectivity index (χ1) is 7.92. The van der Waals surface area contributed by atoms with Crippen molar-refractivity contribution in [3.8, 4) is 0 Å². The second-order valence-electron chi connectivity index (χ2n) is 5.22. The third-order valence-electron chi connectivity index (χ3n) is 4.13. The molecule has 0 aromatic heterocycles. The number of piperidine rings is 1. The molecule has 3 rings (SSSR count). The Balaban J connectivity index is 1.43. The maximum absolute atomic E-state index is 5.65. The molecule has 4 unspecified atom stereocenters. The van der Waals surface area contributed by atoms with Crippen molar-refractivity contribution in [1.82, 2.24) is 10.2 Å². The maximum Gasteiger partial charge on any atom is 0.0933 e.